The lowest BCUT2D eigenvalue weighted by Crippen LogP contribution is -2.52. The summed E-state index contributed by atoms with van der Waals surface area (Å²) < 4.78 is 38.9. The smallest absolute Gasteiger partial charge is 0.326 e. The SMILES string of the molecule is O=C(CC1C(=O)Nc2ccccc2N1C(=O)c1ccccc1)Nc1cccc(C(F)(F)F)c1. The highest BCUT2D eigenvalue weighted by atomic mass is 19.4. The van der Waals surface area contributed by atoms with Crippen molar-refractivity contribution in [1.82, 2.24) is 0 Å². The summed E-state index contributed by atoms with van der Waals surface area (Å²) in [5.74, 6) is -1.76. The Labute approximate surface area is 187 Å². The molecular weight excluding hydrogens is 435 g/mol. The zero-order chi connectivity index (χ0) is 23.6. The van der Waals surface area contributed by atoms with Crippen LogP contribution in [0, 0.1) is 0 Å². The molecule has 9 heteroatoms. The van der Waals surface area contributed by atoms with E-state index >= 15 is 0 Å². The molecule has 1 atom stereocenters. The molecule has 0 aromatic heterocycles. The van der Waals surface area contributed by atoms with Gasteiger partial charge in [0.15, 0.2) is 0 Å². The third-order valence-corrected chi connectivity index (χ3v) is 5.13. The predicted molar refractivity (Wildman–Crippen MR) is 117 cm³/mol. The Hall–Kier alpha value is -4.14. The van der Waals surface area contributed by atoms with Crippen LogP contribution in [-0.4, -0.2) is 23.8 Å². The molecule has 1 heterocycles. The Balaban J connectivity index is 1.62. The van der Waals surface area contributed by atoms with Crippen molar-refractivity contribution in [2.45, 2.75) is 18.6 Å². The van der Waals surface area contributed by atoms with Crippen LogP contribution in [0.1, 0.15) is 22.3 Å². The van der Waals surface area contributed by atoms with Gasteiger partial charge in [-0.15, -0.1) is 0 Å². The second-order valence-electron chi connectivity index (χ2n) is 7.39. The van der Waals surface area contributed by atoms with E-state index in [9.17, 15) is 27.6 Å². The summed E-state index contributed by atoms with van der Waals surface area (Å²) in [5.41, 5.74) is 0.187. The minimum Gasteiger partial charge on any atom is -0.326 e. The number of nitrogens with zero attached hydrogens (tertiary/aromatic N) is 1. The Morgan fingerprint density at radius 2 is 1.64 bits per heavy atom. The molecule has 0 bridgehead atoms. The zero-order valence-electron chi connectivity index (χ0n) is 17.1. The highest BCUT2D eigenvalue weighted by Crippen LogP contribution is 2.34. The fraction of sp³-hybridized carbons (Fsp3) is 0.125. The van der Waals surface area contributed by atoms with Gasteiger partial charge in [-0.3, -0.25) is 19.3 Å². The van der Waals surface area contributed by atoms with Crippen LogP contribution in [0.3, 0.4) is 0 Å². The van der Waals surface area contributed by atoms with Crippen LogP contribution in [0.5, 0.6) is 0 Å². The number of fused-ring (bicyclic) bond motifs is 1. The molecule has 6 nitrogen and oxygen atoms in total. The number of nitrogens with one attached hydrogen (secondary N) is 2. The summed E-state index contributed by atoms with van der Waals surface area (Å²) in [6.07, 6.45) is -5.01. The number of benzene rings is 3. The number of anilines is 3. The van der Waals surface area contributed by atoms with Gasteiger partial charge in [-0.05, 0) is 42.5 Å². The molecule has 0 radical (unpaired) electrons. The van der Waals surface area contributed by atoms with E-state index in [-0.39, 0.29) is 5.69 Å². The number of para-hydroxylation sites is 2. The van der Waals surface area contributed by atoms with Crippen molar-refractivity contribution in [3.63, 3.8) is 0 Å². The molecule has 0 aliphatic carbocycles. The monoisotopic (exact) mass is 453 g/mol. The fourth-order valence-corrected chi connectivity index (χ4v) is 3.61. The van der Waals surface area contributed by atoms with E-state index in [4.69, 9.17) is 0 Å². The van der Waals surface area contributed by atoms with E-state index in [1.165, 1.54) is 17.0 Å². The molecule has 1 unspecified atom stereocenters. The molecule has 0 saturated heterocycles. The maximum absolute atomic E-state index is 13.3. The van der Waals surface area contributed by atoms with Crippen molar-refractivity contribution in [1.29, 1.82) is 0 Å². The van der Waals surface area contributed by atoms with Gasteiger partial charge in [-0.25, -0.2) is 0 Å². The lowest BCUT2D eigenvalue weighted by Gasteiger charge is -2.36. The zero-order valence-corrected chi connectivity index (χ0v) is 17.1. The summed E-state index contributed by atoms with van der Waals surface area (Å²) in [7, 11) is 0. The van der Waals surface area contributed by atoms with Gasteiger partial charge < -0.3 is 10.6 Å². The summed E-state index contributed by atoms with van der Waals surface area (Å²) in [6, 6.07) is 18.0. The summed E-state index contributed by atoms with van der Waals surface area (Å²) in [6.45, 7) is 0. The number of amides is 3. The van der Waals surface area contributed by atoms with Gasteiger partial charge in [0.2, 0.25) is 11.8 Å². The molecule has 1 aliphatic rings. The highest BCUT2D eigenvalue weighted by Gasteiger charge is 2.38. The van der Waals surface area contributed by atoms with Crippen LogP contribution in [0.25, 0.3) is 0 Å². The van der Waals surface area contributed by atoms with E-state index in [0.717, 1.165) is 12.1 Å². The Morgan fingerprint density at radius 3 is 2.36 bits per heavy atom. The van der Waals surface area contributed by atoms with Crippen LogP contribution in [0.15, 0.2) is 78.9 Å². The Morgan fingerprint density at radius 1 is 0.939 bits per heavy atom. The van der Waals surface area contributed by atoms with E-state index in [1.54, 1.807) is 54.6 Å². The first-order chi connectivity index (χ1) is 15.7. The topological polar surface area (TPSA) is 78.5 Å². The van der Waals surface area contributed by atoms with Crippen molar-refractivity contribution >= 4 is 34.8 Å². The summed E-state index contributed by atoms with van der Waals surface area (Å²) in [5, 5.41) is 5.07. The normalized spacial score (nSPS) is 15.4. The number of hydrogen-bond donors (Lipinski definition) is 2. The lowest BCUT2D eigenvalue weighted by molar-refractivity contribution is -0.137. The first-order valence-electron chi connectivity index (χ1n) is 9.99. The third kappa shape index (κ3) is 4.72. The Kier molecular flexibility index (Phi) is 5.87. The van der Waals surface area contributed by atoms with Crippen molar-refractivity contribution in [2.75, 3.05) is 15.5 Å². The number of hydrogen-bond acceptors (Lipinski definition) is 3. The first kappa shape index (κ1) is 22.1. The molecule has 2 N–H and O–H groups in total. The first-order valence-corrected chi connectivity index (χ1v) is 9.99. The third-order valence-electron chi connectivity index (χ3n) is 5.13. The minimum atomic E-state index is -4.56. The molecule has 0 fully saturated rings. The van der Waals surface area contributed by atoms with E-state index < -0.39 is 41.9 Å². The van der Waals surface area contributed by atoms with Gasteiger partial charge in [0.05, 0.1) is 23.4 Å². The van der Waals surface area contributed by atoms with Gasteiger partial charge in [0.25, 0.3) is 5.91 Å². The molecule has 33 heavy (non-hydrogen) atoms. The average Bonchev–Trinajstić information content (AvgIpc) is 2.79. The maximum Gasteiger partial charge on any atom is 0.416 e. The van der Waals surface area contributed by atoms with E-state index in [0.29, 0.717) is 16.9 Å². The van der Waals surface area contributed by atoms with Gasteiger partial charge in [-0.2, -0.15) is 13.2 Å². The highest BCUT2D eigenvalue weighted by molar-refractivity contribution is 6.17. The number of carbonyl (C=O) groups is 3. The van der Waals surface area contributed by atoms with Gasteiger partial charge in [-0.1, -0.05) is 36.4 Å². The molecule has 3 aromatic carbocycles. The number of alkyl halides is 3. The molecule has 1 aliphatic heterocycles. The standard InChI is InChI=1S/C24H18F3N3O3/c25-24(26,27)16-9-6-10-17(13-16)28-21(31)14-20-22(32)29-18-11-4-5-12-19(18)30(20)23(33)15-7-2-1-3-8-15/h1-13,20H,14H2,(H,28,31)(H,29,32). The van der Waals surface area contributed by atoms with E-state index in [1.807, 2.05) is 0 Å². The summed E-state index contributed by atoms with van der Waals surface area (Å²) in [4.78, 5) is 40.1. The largest absolute Gasteiger partial charge is 0.416 e. The molecule has 0 saturated carbocycles. The van der Waals surface area contributed by atoms with Crippen molar-refractivity contribution in [3.05, 3.63) is 90.0 Å². The van der Waals surface area contributed by atoms with Crippen molar-refractivity contribution in [3.8, 4) is 0 Å². The molecule has 168 valence electrons. The predicted octanol–water partition coefficient (Wildman–Crippen LogP) is 4.70. The van der Waals surface area contributed by atoms with E-state index in [2.05, 4.69) is 10.6 Å². The Bertz CT molecular complexity index is 1210. The second kappa shape index (κ2) is 8.78. The van der Waals surface area contributed by atoms with Crippen molar-refractivity contribution < 1.29 is 27.6 Å². The average molecular weight is 453 g/mol. The van der Waals surface area contributed by atoms with Crippen LogP contribution < -0.4 is 15.5 Å². The maximum atomic E-state index is 13.3. The lowest BCUT2D eigenvalue weighted by atomic mass is 10.0. The molecule has 4 rings (SSSR count). The fourth-order valence-electron chi connectivity index (χ4n) is 3.61. The van der Waals surface area contributed by atoms with Gasteiger partial charge >= 0.3 is 6.18 Å². The van der Waals surface area contributed by atoms with Crippen LogP contribution >= 0.6 is 0 Å². The quantitative estimate of drug-likeness (QED) is 0.601. The van der Waals surface area contributed by atoms with Crippen LogP contribution in [-0.2, 0) is 15.8 Å². The molecular formula is C24H18F3N3O3. The number of halogens is 3. The summed E-state index contributed by atoms with van der Waals surface area (Å²) >= 11 is 0. The van der Waals surface area contributed by atoms with Crippen LogP contribution in [0.2, 0.25) is 0 Å². The van der Waals surface area contributed by atoms with Gasteiger partial charge in [0, 0.05) is 11.3 Å². The second-order valence-corrected chi connectivity index (χ2v) is 7.39. The number of carbonyl (C=O) groups excluding carboxylic acids is 3. The van der Waals surface area contributed by atoms with Gasteiger partial charge in [0.1, 0.15) is 6.04 Å². The van der Waals surface area contributed by atoms with Crippen LogP contribution in [0.4, 0.5) is 30.2 Å². The minimum absolute atomic E-state index is 0.0626. The molecule has 0 spiro atoms. The van der Waals surface area contributed by atoms with Crippen molar-refractivity contribution in [2.24, 2.45) is 0 Å². The number of rotatable bonds is 4. The molecule has 3 aromatic rings. The molecule has 3 amide bonds.